The Bertz CT molecular complexity index is 4280. The lowest BCUT2D eigenvalue weighted by Crippen LogP contribution is -2.63. The Morgan fingerprint density at radius 2 is 0.683 bits per heavy atom. The third-order valence-corrected chi connectivity index (χ3v) is 25.5. The molecule has 4 heterocycles. The number of rotatable bonds is 56. The van der Waals surface area contributed by atoms with Crippen LogP contribution in [0.1, 0.15) is 234 Å². The molecule has 21 atom stereocenters. The molecule has 0 bridgehead atoms. The molecule has 0 unspecified atom stereocenters. The largest absolute Gasteiger partial charge is 0.480 e. The molecule has 4 aliphatic rings. The Kier molecular flexibility index (Phi) is 49.4. The highest BCUT2D eigenvalue weighted by molar-refractivity contribution is 6.02. The average Bonchev–Trinajstić information content (AvgIpc) is 1.67. The van der Waals surface area contributed by atoms with Crippen LogP contribution >= 0.6 is 0 Å². The minimum atomic E-state index is -1.75. The standard InChI is InChI=1S/C92H159N23O24/c1-20-51(17)71(86(133)102-58(91(138)139)40-45(5)6)109-78(125)61-29-23-35-112(61)65(120)41-98-76(123)60-28-24-36-113(60)89(136)57(39-44(3)4)101-87(134)73(53(19)118)111-84(131)70(50(15)16)108-82(129)68(48(11)12)106-81(128)67(47(9)10)105-79(126)63-31-26-38-115(63)90(137)59(43-117)103-77(124)62-30-25-37-114(62)88(135)56(32-33-64(94)119)100-85(132)72(52(18)21-2)110-83(130)69(49(13)14)107-80(127)66(46(7)8)104-75(122)55(27-22-34-97-92(95)96)99-74(121)54(93)42-116/h44-63,66-73,116-118H,20-43,93H2,1-19H3,(H2,94,119)(H,98,123)(H,99,121)(H,100,132)(H,101,134)(H,102,133)(H,103,124)(H,104,122)(H,105,126)(H,106,128)(H,107,127)(H,108,129)(H,109,125)(H,110,130)(H,111,131)(H,138,139)(H4,95,96,97)/t51-,52-,53+,54-,55-,56-,57-,58-,59-,60-,61-,62-,63-,66-,67-,68-,69-,70-,71-,72-,73-/m0/s1. The topological polar surface area (TPSA) is 720 Å². The first-order chi connectivity index (χ1) is 65.1. The molecule has 0 aromatic carbocycles. The summed E-state index contributed by atoms with van der Waals surface area (Å²) >= 11 is 0. The van der Waals surface area contributed by atoms with Gasteiger partial charge in [0.2, 0.25) is 112 Å². The molecule has 4 saturated heterocycles. The van der Waals surface area contributed by atoms with Crippen molar-refractivity contribution in [2.24, 2.45) is 81.2 Å². The van der Waals surface area contributed by atoms with Gasteiger partial charge in [0.1, 0.15) is 109 Å². The maximum absolute atomic E-state index is 14.8. The number of carbonyl (C=O) groups is 20. The summed E-state index contributed by atoms with van der Waals surface area (Å²) in [6, 6.07) is -24.4. The highest BCUT2D eigenvalue weighted by Crippen LogP contribution is 2.27. The number of carboxylic acids is 1. The molecule has 4 aliphatic heterocycles. The van der Waals surface area contributed by atoms with E-state index >= 15 is 0 Å². The molecule has 0 radical (unpaired) electrons. The maximum atomic E-state index is 14.8. The van der Waals surface area contributed by atoms with Gasteiger partial charge < -0.3 is 137 Å². The maximum Gasteiger partial charge on any atom is 0.326 e. The summed E-state index contributed by atoms with van der Waals surface area (Å²) in [5.74, 6) is -21.9. The van der Waals surface area contributed by atoms with E-state index in [2.05, 4.69) is 79.4 Å². The lowest BCUT2D eigenvalue weighted by molar-refractivity contribution is -0.145. The van der Waals surface area contributed by atoms with Crippen molar-refractivity contribution in [3.8, 4) is 0 Å². The summed E-state index contributed by atoms with van der Waals surface area (Å²) in [7, 11) is 0. The molecule has 4 rings (SSSR count). The number of hydrogen-bond acceptors (Lipinski definition) is 25. The second kappa shape index (κ2) is 57.3. The number of primary amides is 1. The number of hydrogen-bond donors (Lipinski definition) is 22. The smallest absolute Gasteiger partial charge is 0.326 e. The third kappa shape index (κ3) is 36.0. The quantitative estimate of drug-likeness (QED) is 0.0154. The second-order valence-corrected chi connectivity index (χ2v) is 39.5. The summed E-state index contributed by atoms with van der Waals surface area (Å²) in [5, 5.41) is 78.0. The number of amides is 19. The van der Waals surface area contributed by atoms with Crippen LogP contribution in [0.25, 0.3) is 0 Å². The summed E-state index contributed by atoms with van der Waals surface area (Å²) in [4.78, 5) is 289. The number of nitrogens with one attached hydrogen (secondary N) is 14. The Morgan fingerprint density at radius 3 is 1.07 bits per heavy atom. The van der Waals surface area contributed by atoms with Gasteiger partial charge in [-0.05, 0) is 144 Å². The average molecular weight is 1970 g/mol. The fourth-order valence-electron chi connectivity index (χ4n) is 17.0. The number of aliphatic hydroxyl groups excluding tert-OH is 3. The van der Waals surface area contributed by atoms with Crippen molar-refractivity contribution in [2.75, 3.05) is 52.5 Å². The van der Waals surface area contributed by atoms with E-state index in [4.69, 9.17) is 22.9 Å². The second-order valence-electron chi connectivity index (χ2n) is 39.5. The number of likely N-dealkylation sites (tertiary alicyclic amines) is 4. The zero-order valence-corrected chi connectivity index (χ0v) is 84.1. The zero-order chi connectivity index (χ0) is 105. The van der Waals surface area contributed by atoms with Crippen molar-refractivity contribution in [2.45, 2.75) is 349 Å². The van der Waals surface area contributed by atoms with Crippen LogP contribution in [0.4, 0.5) is 0 Å². The predicted molar refractivity (Wildman–Crippen MR) is 509 cm³/mol. The summed E-state index contributed by atoms with van der Waals surface area (Å²) in [6.45, 7) is 29.1. The number of nitrogens with two attached hydrogens (primary N) is 4. The molecule has 0 saturated carbocycles. The van der Waals surface area contributed by atoms with Crippen molar-refractivity contribution in [3.05, 3.63) is 0 Å². The van der Waals surface area contributed by atoms with Crippen LogP contribution in [0.3, 0.4) is 0 Å². The van der Waals surface area contributed by atoms with E-state index < -0.39 is 307 Å². The number of guanidine groups is 1. The molecular formula is C92H159N23O24. The predicted octanol–water partition coefficient (Wildman–Crippen LogP) is -5.07. The Labute approximate surface area is 813 Å². The van der Waals surface area contributed by atoms with Crippen LogP contribution in [-0.2, 0) is 95.9 Å². The van der Waals surface area contributed by atoms with Gasteiger partial charge in [0, 0.05) is 39.1 Å². The molecule has 47 heteroatoms. The van der Waals surface area contributed by atoms with E-state index in [0.717, 1.165) is 9.80 Å². The summed E-state index contributed by atoms with van der Waals surface area (Å²) in [6.07, 6.45) is 0.260. The molecule has 47 nitrogen and oxygen atoms in total. The van der Waals surface area contributed by atoms with Crippen LogP contribution in [0, 0.1) is 53.3 Å². The fourth-order valence-corrected chi connectivity index (χ4v) is 17.0. The van der Waals surface area contributed by atoms with Crippen molar-refractivity contribution in [1.29, 1.82) is 0 Å². The van der Waals surface area contributed by atoms with Crippen LogP contribution in [-0.4, -0.2) is 332 Å². The lowest BCUT2D eigenvalue weighted by atomic mass is 9.95. The molecule has 0 spiro atoms. The van der Waals surface area contributed by atoms with E-state index in [1.54, 1.807) is 111 Å². The Morgan fingerprint density at radius 1 is 0.360 bits per heavy atom. The van der Waals surface area contributed by atoms with E-state index in [1.165, 1.54) is 16.7 Å². The van der Waals surface area contributed by atoms with Gasteiger partial charge in [-0.1, -0.05) is 137 Å². The van der Waals surface area contributed by atoms with Gasteiger partial charge >= 0.3 is 5.97 Å². The Balaban J connectivity index is 1.44. The monoisotopic (exact) mass is 1970 g/mol. The van der Waals surface area contributed by atoms with E-state index in [1.807, 2.05) is 13.8 Å². The molecule has 139 heavy (non-hydrogen) atoms. The number of carboxylic acid groups (broad SMARTS) is 1. The SMILES string of the molecule is CC[C@H](C)[C@H](NC(=O)[C@@H](NC(=O)[C@@H](NC(=O)[C@H](CCCN=C(N)N)NC(=O)[C@@H](N)CO)C(C)C)C(C)C)C(=O)N[C@@H](CCC(N)=O)C(=O)N1CCC[C@H]1C(=O)N[C@@H](CO)C(=O)N1CCC[C@H]1C(=O)N[C@H](C(=O)N[C@H](C(=O)N[C@H](C(=O)N[C@H](C(=O)N[C@@H](CC(C)C)C(=O)N1CCC[C@H]1C(=O)NCC(=O)N1CCC[C@H]1C(=O)N[C@H](C(=O)N[C@@H](CC(C)C)C(=O)O)[C@@H](C)CC)[C@@H](C)O)C(C)C)C(C)C)C(C)C. The minimum absolute atomic E-state index is 0.0100. The van der Waals surface area contributed by atoms with Gasteiger partial charge in [-0.25, -0.2) is 4.79 Å². The van der Waals surface area contributed by atoms with Gasteiger partial charge in [-0.15, -0.1) is 0 Å². The minimum Gasteiger partial charge on any atom is -0.480 e. The first-order valence-corrected chi connectivity index (χ1v) is 48.7. The van der Waals surface area contributed by atoms with Crippen molar-refractivity contribution >= 4 is 124 Å². The van der Waals surface area contributed by atoms with Crippen LogP contribution in [0.5, 0.6) is 0 Å². The van der Waals surface area contributed by atoms with Crippen LogP contribution in [0.2, 0.25) is 0 Å². The van der Waals surface area contributed by atoms with E-state index in [-0.39, 0.29) is 121 Å². The number of aliphatic hydroxyl groups is 3. The van der Waals surface area contributed by atoms with Gasteiger partial charge in [-0.3, -0.25) is 96.1 Å². The number of carbonyl (C=O) groups excluding carboxylic acids is 19. The molecule has 0 aliphatic carbocycles. The molecule has 19 amide bonds. The van der Waals surface area contributed by atoms with Gasteiger partial charge in [0.15, 0.2) is 5.96 Å². The normalized spacial score (nSPS) is 19.6. The molecule has 0 aromatic heterocycles. The first kappa shape index (κ1) is 120. The molecule has 4 fully saturated rings. The molecule has 786 valence electrons. The van der Waals surface area contributed by atoms with Crippen molar-refractivity contribution in [3.63, 3.8) is 0 Å². The third-order valence-electron chi connectivity index (χ3n) is 25.5. The first-order valence-electron chi connectivity index (χ1n) is 48.7. The lowest BCUT2D eigenvalue weighted by Gasteiger charge is -2.33. The number of aliphatic carboxylic acids is 1. The summed E-state index contributed by atoms with van der Waals surface area (Å²) < 4.78 is 0. The highest BCUT2D eigenvalue weighted by Gasteiger charge is 2.48. The Hall–Kier alpha value is -11.5. The number of nitrogens with zero attached hydrogens (tertiary/aromatic N) is 5. The van der Waals surface area contributed by atoms with Crippen molar-refractivity contribution < 1.29 is 116 Å². The van der Waals surface area contributed by atoms with Crippen LogP contribution in [0.15, 0.2) is 4.99 Å². The molecule has 0 aromatic rings. The molecular weight excluding hydrogens is 1810 g/mol. The van der Waals surface area contributed by atoms with Gasteiger partial charge in [0.25, 0.3) is 0 Å². The van der Waals surface area contributed by atoms with Gasteiger partial charge in [-0.2, -0.15) is 0 Å². The van der Waals surface area contributed by atoms with E-state index in [9.17, 15) is 116 Å². The zero-order valence-electron chi connectivity index (χ0n) is 84.1. The van der Waals surface area contributed by atoms with Crippen LogP contribution < -0.4 is 97.4 Å². The number of aliphatic imine (C=N–C) groups is 1. The van der Waals surface area contributed by atoms with Gasteiger partial charge in [0.05, 0.1) is 25.9 Å². The molecule has 26 N–H and O–H groups in total. The van der Waals surface area contributed by atoms with Crippen molar-refractivity contribution in [1.82, 2.24) is 94.0 Å². The fraction of sp³-hybridized carbons (Fsp3) is 0.772. The summed E-state index contributed by atoms with van der Waals surface area (Å²) in [5.41, 5.74) is 22.2. The van der Waals surface area contributed by atoms with E-state index in [0.29, 0.717) is 19.3 Å². The highest BCUT2D eigenvalue weighted by atomic mass is 16.4.